The van der Waals surface area contributed by atoms with E-state index < -0.39 is 0 Å². The van der Waals surface area contributed by atoms with E-state index in [1.54, 1.807) is 6.92 Å². The van der Waals surface area contributed by atoms with Crippen molar-refractivity contribution < 1.29 is 19.4 Å². The van der Waals surface area contributed by atoms with Gasteiger partial charge in [0, 0.05) is 12.2 Å². The molecule has 3 aliphatic rings. The van der Waals surface area contributed by atoms with Crippen molar-refractivity contribution in [2.75, 3.05) is 19.8 Å². The van der Waals surface area contributed by atoms with Crippen LogP contribution in [0, 0.1) is 23.7 Å². The van der Waals surface area contributed by atoms with Crippen molar-refractivity contribution in [3.05, 3.63) is 41.5 Å². The summed E-state index contributed by atoms with van der Waals surface area (Å²) in [5.41, 5.74) is 3.23. The van der Waals surface area contributed by atoms with Gasteiger partial charge in [-0.15, -0.1) is 0 Å². The molecular weight excluding hydrogens is 520 g/mol. The molecule has 0 aromatic heterocycles. The fourth-order valence-electron chi connectivity index (χ4n) is 8.37. The molecule has 0 radical (unpaired) electrons. The van der Waals surface area contributed by atoms with E-state index in [9.17, 15) is 9.90 Å². The number of hydrogen-bond donors (Lipinski definition) is 1. The Kier molecular flexibility index (Phi) is 13.8. The SMILES string of the molecule is C=C(C)C(=O)OCCOc1cc(C2CCC(CCCCC)CC2)ccc1C1CCC(C2CCC(CCCO)CC2)CC1. The van der Waals surface area contributed by atoms with Crippen molar-refractivity contribution in [2.24, 2.45) is 23.7 Å². The number of esters is 1. The van der Waals surface area contributed by atoms with Crippen LogP contribution in [0.4, 0.5) is 0 Å². The van der Waals surface area contributed by atoms with E-state index in [2.05, 4.69) is 31.7 Å². The van der Waals surface area contributed by atoms with Gasteiger partial charge in [-0.2, -0.15) is 0 Å². The molecule has 0 atom stereocenters. The first-order valence-corrected chi connectivity index (χ1v) is 17.7. The first kappa shape index (κ1) is 33.1. The quantitative estimate of drug-likeness (QED) is 0.127. The molecule has 0 heterocycles. The van der Waals surface area contributed by atoms with Gasteiger partial charge < -0.3 is 14.6 Å². The molecule has 0 aliphatic heterocycles. The zero-order valence-electron chi connectivity index (χ0n) is 26.9. The Labute approximate surface area is 257 Å². The maximum Gasteiger partial charge on any atom is 0.333 e. The second-order valence-electron chi connectivity index (χ2n) is 14.0. The molecule has 3 fully saturated rings. The lowest BCUT2D eigenvalue weighted by atomic mass is 9.68. The molecule has 0 spiro atoms. The largest absolute Gasteiger partial charge is 0.490 e. The number of hydrogen-bond acceptors (Lipinski definition) is 4. The van der Waals surface area contributed by atoms with Crippen LogP contribution in [0.1, 0.15) is 152 Å². The molecule has 4 nitrogen and oxygen atoms in total. The Balaban J connectivity index is 1.34. The van der Waals surface area contributed by atoms with Gasteiger partial charge in [0.15, 0.2) is 0 Å². The van der Waals surface area contributed by atoms with Crippen LogP contribution in [-0.4, -0.2) is 30.9 Å². The number of aliphatic hydroxyl groups is 1. The minimum absolute atomic E-state index is 0.256. The molecule has 1 aromatic rings. The Morgan fingerprint density at radius 1 is 0.810 bits per heavy atom. The van der Waals surface area contributed by atoms with Crippen LogP contribution in [0.5, 0.6) is 5.75 Å². The highest BCUT2D eigenvalue weighted by Crippen LogP contribution is 2.47. The zero-order valence-corrected chi connectivity index (χ0v) is 26.9. The summed E-state index contributed by atoms with van der Waals surface area (Å²) in [4.78, 5) is 11.9. The summed E-state index contributed by atoms with van der Waals surface area (Å²) in [6.07, 6.45) is 23.6. The second kappa shape index (κ2) is 17.5. The minimum atomic E-state index is -0.343. The highest BCUT2D eigenvalue weighted by atomic mass is 16.6. The average molecular weight is 581 g/mol. The van der Waals surface area contributed by atoms with Crippen LogP contribution in [-0.2, 0) is 9.53 Å². The normalized spacial score (nSPS) is 28.3. The predicted octanol–water partition coefficient (Wildman–Crippen LogP) is 9.89. The first-order chi connectivity index (χ1) is 20.5. The fourth-order valence-corrected chi connectivity index (χ4v) is 8.37. The number of rotatable bonds is 15. The van der Waals surface area contributed by atoms with Crippen molar-refractivity contribution in [1.29, 1.82) is 0 Å². The molecule has 236 valence electrons. The summed E-state index contributed by atoms with van der Waals surface area (Å²) in [5, 5.41) is 9.19. The van der Waals surface area contributed by atoms with Crippen LogP contribution < -0.4 is 4.74 Å². The molecule has 42 heavy (non-hydrogen) atoms. The molecule has 0 bridgehead atoms. The first-order valence-electron chi connectivity index (χ1n) is 17.7. The van der Waals surface area contributed by atoms with Crippen LogP contribution in [0.25, 0.3) is 0 Å². The average Bonchev–Trinajstić information content (AvgIpc) is 3.02. The van der Waals surface area contributed by atoms with E-state index in [1.165, 1.54) is 120 Å². The fraction of sp³-hybridized carbons (Fsp3) is 0.763. The van der Waals surface area contributed by atoms with Crippen LogP contribution in [0.2, 0.25) is 0 Å². The highest BCUT2D eigenvalue weighted by molar-refractivity contribution is 5.86. The third-order valence-electron chi connectivity index (χ3n) is 11.0. The Morgan fingerprint density at radius 2 is 1.40 bits per heavy atom. The van der Waals surface area contributed by atoms with E-state index in [0.29, 0.717) is 30.6 Å². The van der Waals surface area contributed by atoms with Crippen LogP contribution in [0.3, 0.4) is 0 Å². The molecule has 0 amide bonds. The van der Waals surface area contributed by atoms with Gasteiger partial charge in [-0.05, 0) is 137 Å². The highest BCUT2D eigenvalue weighted by Gasteiger charge is 2.32. The van der Waals surface area contributed by atoms with Gasteiger partial charge in [0.2, 0.25) is 0 Å². The summed E-state index contributed by atoms with van der Waals surface area (Å²) >= 11 is 0. The summed E-state index contributed by atoms with van der Waals surface area (Å²) in [6.45, 7) is 8.65. The Bertz CT molecular complexity index is 946. The number of carbonyl (C=O) groups is 1. The third-order valence-corrected chi connectivity index (χ3v) is 11.0. The van der Waals surface area contributed by atoms with E-state index in [4.69, 9.17) is 9.47 Å². The van der Waals surface area contributed by atoms with E-state index in [-0.39, 0.29) is 12.6 Å². The topological polar surface area (TPSA) is 55.8 Å². The van der Waals surface area contributed by atoms with Crippen molar-refractivity contribution in [3.8, 4) is 5.75 Å². The third kappa shape index (κ3) is 9.86. The second-order valence-corrected chi connectivity index (χ2v) is 14.0. The molecule has 1 aromatic carbocycles. The van der Waals surface area contributed by atoms with Crippen molar-refractivity contribution in [2.45, 2.75) is 141 Å². The minimum Gasteiger partial charge on any atom is -0.490 e. The van der Waals surface area contributed by atoms with Gasteiger partial charge in [-0.1, -0.05) is 64.2 Å². The maximum atomic E-state index is 11.9. The monoisotopic (exact) mass is 580 g/mol. The van der Waals surface area contributed by atoms with Gasteiger partial charge in [-0.25, -0.2) is 4.79 Å². The summed E-state index contributed by atoms with van der Waals surface area (Å²) < 4.78 is 11.7. The molecule has 1 N–H and O–H groups in total. The molecular formula is C38H60O4. The lowest BCUT2D eigenvalue weighted by Crippen LogP contribution is -2.25. The summed E-state index contributed by atoms with van der Waals surface area (Å²) in [5.74, 6) is 5.39. The van der Waals surface area contributed by atoms with Gasteiger partial charge in [0.1, 0.15) is 19.0 Å². The molecule has 3 saturated carbocycles. The molecule has 3 aliphatic carbocycles. The van der Waals surface area contributed by atoms with Crippen LogP contribution in [0.15, 0.2) is 30.4 Å². The maximum absolute atomic E-state index is 11.9. The summed E-state index contributed by atoms with van der Waals surface area (Å²) in [6, 6.07) is 7.14. The van der Waals surface area contributed by atoms with Gasteiger partial charge >= 0.3 is 5.97 Å². The standard InChI is InChI=1S/C38H60O4/c1-4-5-6-8-29-12-16-33(17-13-29)35-22-23-36(37(27-35)41-25-26-42-38(40)28(2)3)34-20-18-32(19-21-34)31-14-10-30(11-15-31)9-7-24-39/h22-23,27,29-34,39H,2,4-21,24-26H2,1,3H3. The van der Waals surface area contributed by atoms with Crippen molar-refractivity contribution >= 4 is 5.97 Å². The molecule has 0 saturated heterocycles. The number of ether oxygens (including phenoxy) is 2. The number of benzene rings is 1. The molecule has 4 heteroatoms. The van der Waals surface area contributed by atoms with E-state index in [1.807, 2.05) is 0 Å². The van der Waals surface area contributed by atoms with Gasteiger partial charge in [0.25, 0.3) is 0 Å². The Hall–Kier alpha value is -1.81. The van der Waals surface area contributed by atoms with Gasteiger partial charge in [0.05, 0.1) is 0 Å². The summed E-state index contributed by atoms with van der Waals surface area (Å²) in [7, 11) is 0. The van der Waals surface area contributed by atoms with E-state index >= 15 is 0 Å². The van der Waals surface area contributed by atoms with Crippen molar-refractivity contribution in [1.82, 2.24) is 0 Å². The molecule has 0 unspecified atom stereocenters. The number of aliphatic hydroxyl groups excluding tert-OH is 1. The van der Waals surface area contributed by atoms with Gasteiger partial charge in [-0.3, -0.25) is 0 Å². The van der Waals surface area contributed by atoms with E-state index in [0.717, 1.165) is 35.8 Å². The zero-order chi connectivity index (χ0) is 29.7. The molecule has 4 rings (SSSR count). The number of unbranched alkanes of at least 4 members (excludes halogenated alkanes) is 2. The number of carbonyl (C=O) groups excluding carboxylic acids is 1. The predicted molar refractivity (Wildman–Crippen MR) is 173 cm³/mol. The smallest absolute Gasteiger partial charge is 0.333 e. The van der Waals surface area contributed by atoms with Crippen molar-refractivity contribution in [3.63, 3.8) is 0 Å². The lowest BCUT2D eigenvalue weighted by Gasteiger charge is -2.38. The lowest BCUT2D eigenvalue weighted by molar-refractivity contribution is -0.139. The van der Waals surface area contributed by atoms with Crippen LogP contribution >= 0.6 is 0 Å². The Morgan fingerprint density at radius 3 is 2.02 bits per heavy atom.